The molecule has 3 rings (SSSR count). The van der Waals surface area contributed by atoms with Gasteiger partial charge >= 0.3 is 0 Å². The fourth-order valence-corrected chi connectivity index (χ4v) is 4.25. The zero-order valence-corrected chi connectivity index (χ0v) is 15.4. The predicted molar refractivity (Wildman–Crippen MR) is 93.5 cm³/mol. The lowest BCUT2D eigenvalue weighted by Crippen LogP contribution is -2.45. The molecule has 130 valence electrons. The number of hydrogen-bond donors (Lipinski definition) is 0. The van der Waals surface area contributed by atoms with Crippen LogP contribution in [0.2, 0.25) is 0 Å². The average Bonchev–Trinajstić information content (AvgIpc) is 3.16. The quantitative estimate of drug-likeness (QED) is 0.795. The summed E-state index contributed by atoms with van der Waals surface area (Å²) in [5.74, 6) is 2.66. The Morgan fingerprint density at radius 2 is 2.04 bits per heavy atom. The van der Waals surface area contributed by atoms with E-state index in [4.69, 9.17) is 4.42 Å². The predicted octanol–water partition coefficient (Wildman–Crippen LogP) is 3.06. The molecule has 1 aliphatic heterocycles. The van der Waals surface area contributed by atoms with Crippen LogP contribution in [0.5, 0.6) is 0 Å². The molecule has 1 fully saturated rings. The van der Waals surface area contributed by atoms with Crippen molar-refractivity contribution in [3.63, 3.8) is 0 Å². The van der Waals surface area contributed by atoms with E-state index in [2.05, 4.69) is 24.0 Å². The van der Waals surface area contributed by atoms with Crippen LogP contribution in [0.3, 0.4) is 0 Å². The Kier molecular flexibility index (Phi) is 4.99. The van der Waals surface area contributed by atoms with E-state index in [1.165, 1.54) is 18.2 Å². The lowest BCUT2D eigenvalue weighted by molar-refractivity contribution is -0.132. The minimum atomic E-state index is -0.185. The van der Waals surface area contributed by atoms with Crippen LogP contribution in [0.1, 0.15) is 27.2 Å². The van der Waals surface area contributed by atoms with Crippen LogP contribution in [-0.2, 0) is 11.8 Å². The summed E-state index contributed by atoms with van der Waals surface area (Å²) in [6.45, 7) is 8.07. The molecule has 0 aromatic carbocycles. The number of rotatable bonds is 4. The second-order valence-corrected chi connectivity index (χ2v) is 8.10. The number of hydrogen-bond acceptors (Lipinski definition) is 5. The lowest BCUT2D eigenvalue weighted by atomic mass is 9.92. The Morgan fingerprint density at radius 3 is 2.67 bits per heavy atom. The maximum absolute atomic E-state index is 12.8. The van der Waals surface area contributed by atoms with Gasteiger partial charge in [0.25, 0.3) is 0 Å². The number of carbonyl (C=O) groups excluding carboxylic acids is 1. The van der Waals surface area contributed by atoms with E-state index in [1.54, 1.807) is 6.26 Å². The summed E-state index contributed by atoms with van der Waals surface area (Å²) in [6.07, 6.45) is 2.81. The standard InChI is InChI=1S/C17H24N4O2S/c1-11-8-12(2)10-21(9-11)16(22)13(3)24-17-19-18-15(20(17)4)14-6-5-7-23-14/h5-7,11-13H,8-10H2,1-4H3/t11-,12+,13-/m1/s1. The van der Waals surface area contributed by atoms with Crippen molar-refractivity contribution in [3.05, 3.63) is 18.4 Å². The smallest absolute Gasteiger partial charge is 0.235 e. The first-order valence-electron chi connectivity index (χ1n) is 8.34. The normalized spacial score (nSPS) is 22.6. The Labute approximate surface area is 146 Å². The van der Waals surface area contributed by atoms with E-state index >= 15 is 0 Å². The van der Waals surface area contributed by atoms with Crippen molar-refractivity contribution in [2.24, 2.45) is 18.9 Å². The van der Waals surface area contributed by atoms with E-state index in [-0.39, 0.29) is 11.2 Å². The highest BCUT2D eigenvalue weighted by atomic mass is 32.2. The van der Waals surface area contributed by atoms with Gasteiger partial charge in [-0.15, -0.1) is 10.2 Å². The van der Waals surface area contributed by atoms with Crippen LogP contribution in [-0.4, -0.2) is 43.9 Å². The molecule has 3 heterocycles. The molecule has 0 bridgehead atoms. The highest BCUT2D eigenvalue weighted by Crippen LogP contribution is 2.28. The van der Waals surface area contributed by atoms with Gasteiger partial charge in [-0.05, 0) is 37.3 Å². The molecule has 0 radical (unpaired) electrons. The minimum absolute atomic E-state index is 0.181. The summed E-state index contributed by atoms with van der Waals surface area (Å²) in [4.78, 5) is 14.8. The second kappa shape index (κ2) is 7.01. The third-order valence-electron chi connectivity index (χ3n) is 4.39. The molecule has 1 aliphatic rings. The maximum Gasteiger partial charge on any atom is 0.235 e. The molecule has 6 nitrogen and oxygen atoms in total. The molecule has 2 aromatic rings. The Hall–Kier alpha value is -1.76. The Morgan fingerprint density at radius 1 is 1.33 bits per heavy atom. The minimum Gasteiger partial charge on any atom is -0.461 e. The largest absolute Gasteiger partial charge is 0.461 e. The zero-order valence-electron chi connectivity index (χ0n) is 14.6. The molecule has 0 unspecified atom stereocenters. The second-order valence-electron chi connectivity index (χ2n) is 6.79. The number of aromatic nitrogens is 3. The molecule has 2 aromatic heterocycles. The van der Waals surface area contributed by atoms with Crippen LogP contribution in [0.25, 0.3) is 11.6 Å². The van der Waals surface area contributed by atoms with Gasteiger partial charge in [0, 0.05) is 20.1 Å². The maximum atomic E-state index is 12.8. The van der Waals surface area contributed by atoms with Crippen molar-refractivity contribution >= 4 is 17.7 Å². The first kappa shape index (κ1) is 17.1. The third kappa shape index (κ3) is 3.50. The van der Waals surface area contributed by atoms with E-state index < -0.39 is 0 Å². The first-order valence-corrected chi connectivity index (χ1v) is 9.22. The van der Waals surface area contributed by atoms with Crippen LogP contribution in [0, 0.1) is 11.8 Å². The molecular formula is C17H24N4O2S. The van der Waals surface area contributed by atoms with E-state index in [1.807, 2.05) is 35.6 Å². The number of amides is 1. The van der Waals surface area contributed by atoms with Crippen molar-refractivity contribution in [1.82, 2.24) is 19.7 Å². The van der Waals surface area contributed by atoms with E-state index in [0.717, 1.165) is 18.2 Å². The number of thioether (sulfide) groups is 1. The number of furan rings is 1. The summed E-state index contributed by atoms with van der Waals surface area (Å²) in [6, 6.07) is 3.67. The zero-order chi connectivity index (χ0) is 17.3. The molecule has 3 atom stereocenters. The van der Waals surface area contributed by atoms with E-state index in [0.29, 0.717) is 23.4 Å². The summed E-state index contributed by atoms with van der Waals surface area (Å²) in [5.41, 5.74) is 0. The van der Waals surface area contributed by atoms with Gasteiger partial charge in [0.2, 0.25) is 5.91 Å². The van der Waals surface area contributed by atoms with Crippen LogP contribution in [0.4, 0.5) is 0 Å². The van der Waals surface area contributed by atoms with Crippen molar-refractivity contribution in [2.75, 3.05) is 13.1 Å². The van der Waals surface area contributed by atoms with Gasteiger partial charge < -0.3 is 13.9 Å². The average molecular weight is 348 g/mol. The summed E-state index contributed by atoms with van der Waals surface area (Å²) in [5, 5.41) is 8.93. The number of carbonyl (C=O) groups is 1. The fourth-order valence-electron chi connectivity index (χ4n) is 3.35. The van der Waals surface area contributed by atoms with Crippen molar-refractivity contribution < 1.29 is 9.21 Å². The molecule has 1 amide bonds. The van der Waals surface area contributed by atoms with Crippen molar-refractivity contribution in [3.8, 4) is 11.6 Å². The molecule has 24 heavy (non-hydrogen) atoms. The van der Waals surface area contributed by atoms with Gasteiger partial charge in [0.15, 0.2) is 16.7 Å². The van der Waals surface area contributed by atoms with Gasteiger partial charge in [-0.25, -0.2) is 0 Å². The van der Waals surface area contributed by atoms with Crippen LogP contribution in [0.15, 0.2) is 28.0 Å². The Balaban J connectivity index is 1.68. The van der Waals surface area contributed by atoms with Gasteiger partial charge in [-0.3, -0.25) is 4.79 Å². The topological polar surface area (TPSA) is 64.2 Å². The van der Waals surface area contributed by atoms with Gasteiger partial charge in [0.05, 0.1) is 11.5 Å². The van der Waals surface area contributed by atoms with Crippen LogP contribution >= 0.6 is 11.8 Å². The molecular weight excluding hydrogens is 324 g/mol. The number of likely N-dealkylation sites (tertiary alicyclic amines) is 1. The molecule has 1 saturated heterocycles. The Bertz CT molecular complexity index is 688. The monoisotopic (exact) mass is 348 g/mol. The van der Waals surface area contributed by atoms with Gasteiger partial charge in [-0.2, -0.15) is 0 Å². The van der Waals surface area contributed by atoms with Crippen molar-refractivity contribution in [1.29, 1.82) is 0 Å². The van der Waals surface area contributed by atoms with Gasteiger partial charge in [0.1, 0.15) is 0 Å². The highest BCUT2D eigenvalue weighted by Gasteiger charge is 2.29. The third-order valence-corrected chi connectivity index (χ3v) is 5.51. The molecule has 0 spiro atoms. The van der Waals surface area contributed by atoms with Crippen LogP contribution < -0.4 is 0 Å². The van der Waals surface area contributed by atoms with Crippen molar-refractivity contribution in [2.45, 2.75) is 37.6 Å². The molecule has 7 heteroatoms. The summed E-state index contributed by atoms with van der Waals surface area (Å²) in [7, 11) is 1.89. The first-order chi connectivity index (χ1) is 11.5. The van der Waals surface area contributed by atoms with Gasteiger partial charge in [-0.1, -0.05) is 25.6 Å². The number of piperidine rings is 1. The number of nitrogens with zero attached hydrogens (tertiary/aromatic N) is 4. The molecule has 0 N–H and O–H groups in total. The SMILES string of the molecule is C[C@@H]1C[C@H](C)CN(C(=O)[C@@H](C)Sc2nnc(-c3ccco3)n2C)C1. The van der Waals surface area contributed by atoms with E-state index in [9.17, 15) is 4.79 Å². The molecule has 0 saturated carbocycles. The molecule has 0 aliphatic carbocycles. The highest BCUT2D eigenvalue weighted by molar-refractivity contribution is 8.00. The summed E-state index contributed by atoms with van der Waals surface area (Å²) >= 11 is 1.45. The lowest BCUT2D eigenvalue weighted by Gasteiger charge is -2.36. The summed E-state index contributed by atoms with van der Waals surface area (Å²) < 4.78 is 7.25. The fraction of sp³-hybridized carbons (Fsp3) is 0.588.